The number of carbonyl (C=O) groups is 1. The Bertz CT molecular complexity index is 711. The van der Waals surface area contributed by atoms with E-state index in [2.05, 4.69) is 5.10 Å². The highest BCUT2D eigenvalue weighted by Gasteiger charge is 2.35. The number of aromatic nitrogens is 2. The number of halogens is 1. The molecule has 1 unspecified atom stereocenters. The first-order chi connectivity index (χ1) is 9.99. The van der Waals surface area contributed by atoms with Crippen molar-refractivity contribution in [1.29, 1.82) is 0 Å². The van der Waals surface area contributed by atoms with E-state index in [0.29, 0.717) is 18.1 Å². The predicted octanol–water partition coefficient (Wildman–Crippen LogP) is 2.40. The van der Waals surface area contributed by atoms with Gasteiger partial charge in [0.15, 0.2) is 0 Å². The second kappa shape index (κ2) is 5.07. The minimum Gasteiger partial charge on any atom is -0.480 e. The van der Waals surface area contributed by atoms with Crippen LogP contribution in [0, 0.1) is 6.92 Å². The summed E-state index contributed by atoms with van der Waals surface area (Å²) >= 11 is 6.27. The van der Waals surface area contributed by atoms with Crippen molar-refractivity contribution in [3.05, 3.63) is 46.2 Å². The fraction of sp³-hybridized carbons (Fsp3) is 0.333. The zero-order valence-electron chi connectivity index (χ0n) is 11.9. The van der Waals surface area contributed by atoms with E-state index in [1.165, 1.54) is 0 Å². The summed E-state index contributed by atoms with van der Waals surface area (Å²) in [6, 6.07) is 7.23. The Kier molecular flexibility index (Phi) is 3.37. The summed E-state index contributed by atoms with van der Waals surface area (Å²) in [7, 11) is 1.78. The van der Waals surface area contributed by atoms with Gasteiger partial charge in [-0.2, -0.15) is 5.10 Å². The summed E-state index contributed by atoms with van der Waals surface area (Å²) in [6.07, 6.45) is 0.516. The van der Waals surface area contributed by atoms with E-state index in [1.807, 2.05) is 36.1 Å². The summed E-state index contributed by atoms with van der Waals surface area (Å²) in [5, 5.41) is 14.3. The van der Waals surface area contributed by atoms with Gasteiger partial charge >= 0.3 is 5.97 Å². The van der Waals surface area contributed by atoms with Gasteiger partial charge in [0.05, 0.1) is 5.69 Å². The molecule has 2 aromatic rings. The van der Waals surface area contributed by atoms with E-state index >= 15 is 0 Å². The van der Waals surface area contributed by atoms with Gasteiger partial charge in [-0.1, -0.05) is 29.8 Å². The van der Waals surface area contributed by atoms with Crippen LogP contribution in [-0.2, 0) is 24.8 Å². The van der Waals surface area contributed by atoms with Crippen LogP contribution in [0.4, 0.5) is 5.69 Å². The van der Waals surface area contributed by atoms with E-state index in [-0.39, 0.29) is 0 Å². The van der Waals surface area contributed by atoms with Crippen LogP contribution >= 0.6 is 11.6 Å². The largest absolute Gasteiger partial charge is 0.480 e. The van der Waals surface area contributed by atoms with Crippen molar-refractivity contribution in [2.24, 2.45) is 7.05 Å². The number of benzene rings is 1. The quantitative estimate of drug-likeness (QED) is 0.946. The van der Waals surface area contributed by atoms with Crippen molar-refractivity contribution in [2.45, 2.75) is 25.9 Å². The van der Waals surface area contributed by atoms with Crippen LogP contribution in [0.2, 0.25) is 5.15 Å². The van der Waals surface area contributed by atoms with Crippen LogP contribution in [-0.4, -0.2) is 26.9 Å². The van der Waals surface area contributed by atoms with Crippen LogP contribution in [0.15, 0.2) is 24.3 Å². The molecule has 0 amide bonds. The van der Waals surface area contributed by atoms with Gasteiger partial charge in [-0.15, -0.1) is 0 Å². The molecule has 1 N–H and O–H groups in total. The number of carboxylic acid groups (broad SMARTS) is 1. The van der Waals surface area contributed by atoms with E-state index in [1.54, 1.807) is 11.7 Å². The van der Waals surface area contributed by atoms with E-state index in [0.717, 1.165) is 22.5 Å². The number of nitrogens with zero attached hydrogens (tertiary/aromatic N) is 3. The van der Waals surface area contributed by atoms with Crippen molar-refractivity contribution in [3.63, 3.8) is 0 Å². The third-order valence-electron chi connectivity index (χ3n) is 3.97. The smallest absolute Gasteiger partial charge is 0.326 e. The molecule has 0 saturated carbocycles. The van der Waals surface area contributed by atoms with E-state index in [4.69, 9.17) is 11.6 Å². The van der Waals surface area contributed by atoms with Gasteiger partial charge in [0, 0.05) is 31.3 Å². The lowest BCUT2D eigenvalue weighted by Crippen LogP contribution is -2.38. The number of aryl methyl sites for hydroxylation is 2. The molecule has 1 atom stereocenters. The van der Waals surface area contributed by atoms with Crippen molar-refractivity contribution in [1.82, 2.24) is 9.78 Å². The molecule has 1 aromatic carbocycles. The Balaban J connectivity index is 2.00. The second-order valence-electron chi connectivity index (χ2n) is 5.29. The Morgan fingerprint density at radius 1 is 1.48 bits per heavy atom. The molecule has 0 spiro atoms. The number of rotatable bonds is 3. The van der Waals surface area contributed by atoms with Gasteiger partial charge in [0.2, 0.25) is 0 Å². The second-order valence-corrected chi connectivity index (χ2v) is 5.65. The fourth-order valence-corrected chi connectivity index (χ4v) is 3.12. The fourth-order valence-electron chi connectivity index (χ4n) is 2.89. The number of anilines is 1. The molecule has 1 aliphatic rings. The van der Waals surface area contributed by atoms with Crippen LogP contribution in [0.3, 0.4) is 0 Å². The summed E-state index contributed by atoms with van der Waals surface area (Å²) in [5.74, 6) is -0.816. The lowest BCUT2D eigenvalue weighted by atomic mass is 10.1. The Hall–Kier alpha value is -2.01. The van der Waals surface area contributed by atoms with Crippen LogP contribution in [0.25, 0.3) is 0 Å². The van der Waals surface area contributed by atoms with Crippen molar-refractivity contribution in [2.75, 3.05) is 4.90 Å². The minimum atomic E-state index is -0.816. The molecule has 1 aromatic heterocycles. The normalized spacial score (nSPS) is 17.1. The van der Waals surface area contributed by atoms with Crippen LogP contribution < -0.4 is 4.90 Å². The summed E-state index contributed by atoms with van der Waals surface area (Å²) in [5.41, 5.74) is 3.73. The van der Waals surface area contributed by atoms with Gasteiger partial charge in [-0.3, -0.25) is 4.68 Å². The average molecular weight is 306 g/mol. The maximum absolute atomic E-state index is 11.6. The van der Waals surface area contributed by atoms with Gasteiger partial charge in [-0.25, -0.2) is 4.79 Å². The molecule has 0 aliphatic carbocycles. The highest BCUT2D eigenvalue weighted by atomic mass is 35.5. The van der Waals surface area contributed by atoms with Gasteiger partial charge in [0.25, 0.3) is 0 Å². The summed E-state index contributed by atoms with van der Waals surface area (Å²) in [4.78, 5) is 13.4. The molecule has 3 rings (SSSR count). The SMILES string of the molecule is Cc1nn(C)c(Cl)c1CN1c2ccccc2CC1C(=O)O. The summed E-state index contributed by atoms with van der Waals surface area (Å²) in [6.45, 7) is 2.34. The molecule has 6 heteroatoms. The monoisotopic (exact) mass is 305 g/mol. The van der Waals surface area contributed by atoms with E-state index in [9.17, 15) is 9.90 Å². The predicted molar refractivity (Wildman–Crippen MR) is 80.7 cm³/mol. The zero-order valence-corrected chi connectivity index (χ0v) is 12.6. The molecule has 21 heavy (non-hydrogen) atoms. The highest BCUT2D eigenvalue weighted by molar-refractivity contribution is 6.30. The minimum absolute atomic E-state index is 0.451. The molecular formula is C15H16ClN3O2. The van der Waals surface area contributed by atoms with E-state index < -0.39 is 12.0 Å². The number of hydrogen-bond acceptors (Lipinski definition) is 3. The zero-order chi connectivity index (χ0) is 15.1. The lowest BCUT2D eigenvalue weighted by molar-refractivity contribution is -0.138. The first-order valence-electron chi connectivity index (χ1n) is 6.74. The first-order valence-corrected chi connectivity index (χ1v) is 7.12. The van der Waals surface area contributed by atoms with Gasteiger partial charge < -0.3 is 10.0 Å². The number of para-hydroxylation sites is 1. The number of fused-ring (bicyclic) bond motifs is 1. The van der Waals surface area contributed by atoms with Gasteiger partial charge in [0.1, 0.15) is 11.2 Å². The van der Waals surface area contributed by atoms with Crippen molar-refractivity contribution >= 4 is 23.3 Å². The molecule has 1 aliphatic heterocycles. The first kappa shape index (κ1) is 13.9. The number of hydrogen-bond donors (Lipinski definition) is 1. The molecule has 2 heterocycles. The molecule has 0 radical (unpaired) electrons. The Morgan fingerprint density at radius 2 is 2.19 bits per heavy atom. The van der Waals surface area contributed by atoms with Crippen molar-refractivity contribution in [3.8, 4) is 0 Å². The standard InChI is InChI=1S/C15H16ClN3O2/c1-9-11(14(16)18(2)17-9)8-19-12-6-4-3-5-10(12)7-13(19)15(20)21/h3-6,13H,7-8H2,1-2H3,(H,20,21). The van der Waals surface area contributed by atoms with Crippen LogP contribution in [0.5, 0.6) is 0 Å². The highest BCUT2D eigenvalue weighted by Crippen LogP contribution is 2.34. The maximum atomic E-state index is 11.6. The topological polar surface area (TPSA) is 58.4 Å². The number of aliphatic carboxylic acids is 1. The summed E-state index contributed by atoms with van der Waals surface area (Å²) < 4.78 is 1.62. The third kappa shape index (κ3) is 2.27. The lowest BCUT2D eigenvalue weighted by Gasteiger charge is -2.24. The van der Waals surface area contributed by atoms with Gasteiger partial charge in [-0.05, 0) is 18.6 Å². The van der Waals surface area contributed by atoms with Crippen LogP contribution in [0.1, 0.15) is 16.8 Å². The molecule has 0 bridgehead atoms. The molecular weight excluding hydrogens is 290 g/mol. The maximum Gasteiger partial charge on any atom is 0.326 e. The average Bonchev–Trinajstić information content (AvgIpc) is 2.93. The Morgan fingerprint density at radius 3 is 2.81 bits per heavy atom. The molecule has 110 valence electrons. The Labute approximate surface area is 127 Å². The van der Waals surface area contributed by atoms with Crippen molar-refractivity contribution < 1.29 is 9.90 Å². The molecule has 5 nitrogen and oxygen atoms in total. The molecule has 0 saturated heterocycles. The third-order valence-corrected chi connectivity index (χ3v) is 4.45. The molecule has 0 fully saturated rings. The number of carboxylic acids is 1.